The highest BCUT2D eigenvalue weighted by Crippen LogP contribution is 2.26. The average molecular weight is 293 g/mol. The van der Waals surface area contributed by atoms with Crippen LogP contribution in [0.15, 0.2) is 18.2 Å². The Bertz CT molecular complexity index is 497. The fourth-order valence-corrected chi connectivity index (χ4v) is 2.84. The van der Waals surface area contributed by atoms with E-state index in [2.05, 4.69) is 24.1 Å². The molecular weight excluding hydrogens is 270 g/mol. The predicted octanol–water partition coefficient (Wildman–Crippen LogP) is 2.64. The van der Waals surface area contributed by atoms with Crippen molar-refractivity contribution in [3.63, 3.8) is 0 Å². The molecule has 6 heteroatoms. The average Bonchev–Trinajstić information content (AvgIpc) is 2.39. The van der Waals surface area contributed by atoms with E-state index in [9.17, 15) is 10.1 Å². The first-order chi connectivity index (χ1) is 9.99. The third-order valence-electron chi connectivity index (χ3n) is 3.53. The number of nitro benzene ring substituents is 1. The summed E-state index contributed by atoms with van der Waals surface area (Å²) < 4.78 is 5.71. The van der Waals surface area contributed by atoms with Gasteiger partial charge >= 0.3 is 0 Å². The largest absolute Gasteiger partial charge is 0.380 e. The fraction of sp³-hybridized carbons (Fsp3) is 0.600. The van der Waals surface area contributed by atoms with Gasteiger partial charge in [0.05, 0.1) is 17.1 Å². The third kappa shape index (κ3) is 4.15. The van der Waals surface area contributed by atoms with Crippen molar-refractivity contribution in [1.29, 1.82) is 0 Å². The number of hydrogen-bond donors (Lipinski definition) is 1. The number of nitrogens with one attached hydrogen (secondary N) is 1. The van der Waals surface area contributed by atoms with Crippen LogP contribution in [-0.4, -0.2) is 41.7 Å². The van der Waals surface area contributed by atoms with Gasteiger partial charge in [0, 0.05) is 32.2 Å². The molecule has 0 spiro atoms. The zero-order chi connectivity index (χ0) is 15.4. The molecular formula is C15H23N3O3. The second-order valence-corrected chi connectivity index (χ2v) is 5.59. The number of anilines is 1. The Morgan fingerprint density at radius 2 is 2.05 bits per heavy atom. The van der Waals surface area contributed by atoms with E-state index in [1.807, 2.05) is 13.0 Å². The smallest absolute Gasteiger partial charge is 0.292 e. The number of hydrogen-bond acceptors (Lipinski definition) is 5. The predicted molar refractivity (Wildman–Crippen MR) is 82.5 cm³/mol. The normalized spacial score (nSPS) is 23.0. The van der Waals surface area contributed by atoms with E-state index >= 15 is 0 Å². The SMILES string of the molecule is CCNc1ccc(CN2C[C@@H](C)O[C@@H](C)C2)cc1[N+](=O)[O-]. The van der Waals surface area contributed by atoms with E-state index in [0.29, 0.717) is 18.8 Å². The topological polar surface area (TPSA) is 67.6 Å². The quantitative estimate of drug-likeness (QED) is 0.667. The van der Waals surface area contributed by atoms with Crippen LogP contribution >= 0.6 is 0 Å². The molecule has 0 aromatic heterocycles. The van der Waals surface area contributed by atoms with Crippen LogP contribution in [0.5, 0.6) is 0 Å². The molecule has 1 aliphatic rings. The van der Waals surface area contributed by atoms with Crippen molar-refractivity contribution < 1.29 is 9.66 Å². The maximum atomic E-state index is 11.2. The van der Waals surface area contributed by atoms with Crippen molar-refractivity contribution in [3.8, 4) is 0 Å². The van der Waals surface area contributed by atoms with Crippen molar-refractivity contribution in [2.45, 2.75) is 39.5 Å². The Hall–Kier alpha value is -1.66. The van der Waals surface area contributed by atoms with Gasteiger partial charge in [0.15, 0.2) is 0 Å². The minimum absolute atomic E-state index is 0.142. The van der Waals surface area contributed by atoms with E-state index in [1.54, 1.807) is 12.1 Å². The summed E-state index contributed by atoms with van der Waals surface area (Å²) in [6, 6.07) is 5.42. The third-order valence-corrected chi connectivity index (χ3v) is 3.53. The molecule has 1 aromatic carbocycles. The first kappa shape index (κ1) is 15.7. The molecule has 0 bridgehead atoms. The molecule has 0 aliphatic carbocycles. The minimum atomic E-state index is -0.327. The second kappa shape index (κ2) is 6.87. The molecule has 0 radical (unpaired) electrons. The summed E-state index contributed by atoms with van der Waals surface area (Å²) in [5.74, 6) is 0. The molecule has 1 aromatic rings. The summed E-state index contributed by atoms with van der Waals surface area (Å²) in [4.78, 5) is 13.1. The maximum Gasteiger partial charge on any atom is 0.292 e. The van der Waals surface area contributed by atoms with E-state index in [4.69, 9.17) is 4.74 Å². The lowest BCUT2D eigenvalue weighted by atomic mass is 10.1. The summed E-state index contributed by atoms with van der Waals surface area (Å²) in [7, 11) is 0. The summed E-state index contributed by atoms with van der Waals surface area (Å²) in [6.07, 6.45) is 0.398. The maximum absolute atomic E-state index is 11.2. The molecule has 1 N–H and O–H groups in total. The molecule has 21 heavy (non-hydrogen) atoms. The van der Waals surface area contributed by atoms with Gasteiger partial charge in [-0.25, -0.2) is 0 Å². The van der Waals surface area contributed by atoms with Crippen LogP contribution in [0.1, 0.15) is 26.3 Å². The van der Waals surface area contributed by atoms with E-state index in [-0.39, 0.29) is 22.8 Å². The van der Waals surface area contributed by atoms with Crippen LogP contribution in [0, 0.1) is 10.1 Å². The molecule has 1 aliphatic heterocycles. The highest BCUT2D eigenvalue weighted by Gasteiger charge is 2.23. The van der Waals surface area contributed by atoms with Gasteiger partial charge in [0.2, 0.25) is 0 Å². The monoisotopic (exact) mass is 293 g/mol. The van der Waals surface area contributed by atoms with Crippen LogP contribution in [0.25, 0.3) is 0 Å². The van der Waals surface area contributed by atoms with Crippen molar-refractivity contribution in [2.24, 2.45) is 0 Å². The molecule has 2 atom stereocenters. The number of ether oxygens (including phenoxy) is 1. The number of morpholine rings is 1. The molecule has 0 saturated carbocycles. The molecule has 1 fully saturated rings. The molecule has 1 saturated heterocycles. The highest BCUT2D eigenvalue weighted by atomic mass is 16.6. The summed E-state index contributed by atoms with van der Waals surface area (Å²) in [6.45, 7) is 9.12. The highest BCUT2D eigenvalue weighted by molar-refractivity contribution is 5.62. The van der Waals surface area contributed by atoms with Crippen LogP contribution in [0.4, 0.5) is 11.4 Å². The number of benzene rings is 1. The standard InChI is InChI=1S/C15H23N3O3/c1-4-16-14-6-5-13(7-15(14)18(19)20)10-17-8-11(2)21-12(3)9-17/h5-7,11-12,16H,4,8-10H2,1-3H3/t11-,12+. The molecule has 2 rings (SSSR count). The Morgan fingerprint density at radius 1 is 1.38 bits per heavy atom. The van der Waals surface area contributed by atoms with Crippen LogP contribution in [0.2, 0.25) is 0 Å². The number of nitro groups is 1. The second-order valence-electron chi connectivity index (χ2n) is 5.59. The van der Waals surface area contributed by atoms with Gasteiger partial charge in [-0.2, -0.15) is 0 Å². The lowest BCUT2D eigenvalue weighted by Crippen LogP contribution is -2.44. The Kier molecular flexibility index (Phi) is 5.14. The molecule has 6 nitrogen and oxygen atoms in total. The van der Waals surface area contributed by atoms with Gasteiger partial charge in [0.1, 0.15) is 5.69 Å². The van der Waals surface area contributed by atoms with Gasteiger partial charge in [-0.15, -0.1) is 0 Å². The number of nitrogens with zero attached hydrogens (tertiary/aromatic N) is 2. The molecule has 0 amide bonds. The minimum Gasteiger partial charge on any atom is -0.380 e. The zero-order valence-electron chi connectivity index (χ0n) is 12.8. The molecule has 0 unspecified atom stereocenters. The summed E-state index contributed by atoms with van der Waals surface area (Å²) in [5.41, 5.74) is 1.68. The Labute approximate surface area is 125 Å². The van der Waals surface area contributed by atoms with Crippen molar-refractivity contribution in [3.05, 3.63) is 33.9 Å². The molecule has 1 heterocycles. The first-order valence-electron chi connectivity index (χ1n) is 7.38. The van der Waals surface area contributed by atoms with Gasteiger partial charge in [-0.05, 0) is 32.4 Å². The van der Waals surface area contributed by atoms with Crippen molar-refractivity contribution in [1.82, 2.24) is 4.90 Å². The summed E-state index contributed by atoms with van der Waals surface area (Å²) in [5, 5.41) is 14.2. The van der Waals surface area contributed by atoms with Crippen molar-refractivity contribution in [2.75, 3.05) is 25.0 Å². The van der Waals surface area contributed by atoms with E-state index in [0.717, 1.165) is 18.7 Å². The van der Waals surface area contributed by atoms with Crippen LogP contribution in [0.3, 0.4) is 0 Å². The van der Waals surface area contributed by atoms with Crippen LogP contribution in [-0.2, 0) is 11.3 Å². The number of rotatable bonds is 5. The lowest BCUT2D eigenvalue weighted by molar-refractivity contribution is -0.384. The van der Waals surface area contributed by atoms with Gasteiger partial charge in [0.25, 0.3) is 5.69 Å². The van der Waals surface area contributed by atoms with Gasteiger partial charge in [-0.1, -0.05) is 6.07 Å². The van der Waals surface area contributed by atoms with Gasteiger partial charge < -0.3 is 10.1 Å². The van der Waals surface area contributed by atoms with Gasteiger partial charge in [-0.3, -0.25) is 15.0 Å². The summed E-state index contributed by atoms with van der Waals surface area (Å²) >= 11 is 0. The lowest BCUT2D eigenvalue weighted by Gasteiger charge is -2.35. The zero-order valence-corrected chi connectivity index (χ0v) is 12.8. The molecule has 116 valence electrons. The van der Waals surface area contributed by atoms with E-state index in [1.165, 1.54) is 0 Å². The van der Waals surface area contributed by atoms with Crippen molar-refractivity contribution >= 4 is 11.4 Å². The fourth-order valence-electron chi connectivity index (χ4n) is 2.84. The first-order valence-corrected chi connectivity index (χ1v) is 7.38. The Balaban J connectivity index is 2.13. The van der Waals surface area contributed by atoms with Crippen LogP contribution < -0.4 is 5.32 Å². The Morgan fingerprint density at radius 3 is 2.62 bits per heavy atom. The van der Waals surface area contributed by atoms with E-state index < -0.39 is 0 Å².